The summed E-state index contributed by atoms with van der Waals surface area (Å²) in [6, 6.07) is 15.2. The van der Waals surface area contributed by atoms with Gasteiger partial charge in [-0.1, -0.05) is 24.3 Å². The third-order valence-electron chi connectivity index (χ3n) is 8.09. The number of nitrogens with one attached hydrogen (secondary N) is 2. The van der Waals surface area contributed by atoms with E-state index in [9.17, 15) is 14.7 Å². The van der Waals surface area contributed by atoms with Gasteiger partial charge < -0.3 is 34.9 Å². The maximum Gasteiger partial charge on any atom is 0.336 e. The van der Waals surface area contributed by atoms with Crippen molar-refractivity contribution in [2.24, 2.45) is 4.99 Å². The number of allylic oxidation sites excluding steroid dienone is 2. The van der Waals surface area contributed by atoms with Gasteiger partial charge in [-0.15, -0.1) is 0 Å². The molecule has 0 spiro atoms. The Morgan fingerprint density at radius 2 is 1.72 bits per heavy atom. The molecule has 0 saturated carbocycles. The number of aliphatic hydroxyl groups is 1. The van der Waals surface area contributed by atoms with Crippen LogP contribution in [-0.4, -0.2) is 75.2 Å². The minimum Gasteiger partial charge on any atom is -0.497 e. The summed E-state index contributed by atoms with van der Waals surface area (Å²) < 4.78 is 15.5. The number of esters is 1. The highest BCUT2D eigenvalue weighted by atomic mass is 16.6. The van der Waals surface area contributed by atoms with Crippen molar-refractivity contribution in [3.8, 4) is 5.75 Å². The van der Waals surface area contributed by atoms with E-state index in [4.69, 9.17) is 14.2 Å². The number of ether oxygens (including phenoxy) is 3. The van der Waals surface area contributed by atoms with E-state index in [-0.39, 0.29) is 12.0 Å². The van der Waals surface area contributed by atoms with Crippen molar-refractivity contribution in [3.05, 3.63) is 82.4 Å². The zero-order chi connectivity index (χ0) is 30.9. The van der Waals surface area contributed by atoms with Crippen LogP contribution in [0.5, 0.6) is 5.75 Å². The Bertz CT molecular complexity index is 1410. The highest BCUT2D eigenvalue weighted by Gasteiger charge is 2.36. The van der Waals surface area contributed by atoms with Crippen LogP contribution in [0.1, 0.15) is 56.1 Å². The van der Waals surface area contributed by atoms with Crippen molar-refractivity contribution in [2.75, 3.05) is 52.8 Å². The largest absolute Gasteiger partial charge is 0.497 e. The van der Waals surface area contributed by atoms with Crippen LogP contribution in [0.2, 0.25) is 0 Å². The molecular formula is C33H42N4O6. The molecule has 2 heterocycles. The van der Waals surface area contributed by atoms with E-state index in [0.29, 0.717) is 46.3 Å². The molecule has 1 saturated heterocycles. The first kappa shape index (κ1) is 31.6. The number of aliphatic imine (C=N–C) groups is 1. The number of nitrogens with zero attached hydrogens (tertiary/aromatic N) is 2. The molecule has 0 radical (unpaired) electrons. The van der Waals surface area contributed by atoms with E-state index in [2.05, 4.69) is 38.7 Å². The number of urea groups is 1. The van der Waals surface area contributed by atoms with E-state index in [0.717, 1.165) is 44.6 Å². The number of aliphatic hydroxyl groups excluding tert-OH is 1. The van der Waals surface area contributed by atoms with Gasteiger partial charge in [0, 0.05) is 23.6 Å². The lowest BCUT2D eigenvalue weighted by Gasteiger charge is -2.32. The van der Waals surface area contributed by atoms with Crippen LogP contribution in [0.25, 0.3) is 0 Å². The van der Waals surface area contributed by atoms with Crippen molar-refractivity contribution in [2.45, 2.75) is 44.9 Å². The zero-order valence-corrected chi connectivity index (χ0v) is 25.6. The third-order valence-corrected chi connectivity index (χ3v) is 8.09. The molecule has 2 aromatic rings. The lowest BCUT2D eigenvalue weighted by atomic mass is 9.80. The van der Waals surface area contributed by atoms with Gasteiger partial charge in [0.1, 0.15) is 5.75 Å². The minimum absolute atomic E-state index is 0.292. The molecule has 0 aromatic heterocycles. The van der Waals surface area contributed by atoms with Gasteiger partial charge in [0.15, 0.2) is 0 Å². The topological polar surface area (TPSA) is 122 Å². The molecule has 2 aromatic carbocycles. The number of amides is 2. The predicted molar refractivity (Wildman–Crippen MR) is 167 cm³/mol. The fraction of sp³-hybridized carbons (Fsp3) is 0.424. The summed E-state index contributed by atoms with van der Waals surface area (Å²) in [4.78, 5) is 32.4. The number of hydrogen-bond donors (Lipinski definition) is 3. The van der Waals surface area contributed by atoms with Gasteiger partial charge in [-0.05, 0) is 94.1 Å². The molecule has 10 heteroatoms. The highest BCUT2D eigenvalue weighted by molar-refractivity contribution is 6.06. The third kappa shape index (κ3) is 7.75. The van der Waals surface area contributed by atoms with Crippen LogP contribution in [0.3, 0.4) is 0 Å². The Kier molecular flexibility index (Phi) is 10.8. The molecule has 1 fully saturated rings. The molecule has 43 heavy (non-hydrogen) atoms. The highest BCUT2D eigenvalue weighted by Crippen LogP contribution is 2.41. The van der Waals surface area contributed by atoms with E-state index in [1.807, 2.05) is 12.1 Å². The number of carbonyl (C=O) groups is 2. The number of carbonyl (C=O) groups excluding carboxylic acids is 2. The molecule has 2 aliphatic heterocycles. The summed E-state index contributed by atoms with van der Waals surface area (Å²) in [5.74, 6) is -0.132. The molecule has 2 amide bonds. The van der Waals surface area contributed by atoms with Crippen LogP contribution >= 0.6 is 0 Å². The summed E-state index contributed by atoms with van der Waals surface area (Å²) in [6.45, 7) is 6.99. The summed E-state index contributed by atoms with van der Waals surface area (Å²) in [5, 5.41) is 16.4. The van der Waals surface area contributed by atoms with Gasteiger partial charge in [-0.2, -0.15) is 0 Å². The van der Waals surface area contributed by atoms with Crippen molar-refractivity contribution in [3.63, 3.8) is 0 Å². The average molecular weight is 591 g/mol. The van der Waals surface area contributed by atoms with E-state index in [1.165, 1.54) is 19.8 Å². The van der Waals surface area contributed by atoms with Gasteiger partial charge in [-0.3, -0.25) is 4.99 Å². The number of rotatable bonds is 10. The van der Waals surface area contributed by atoms with Crippen molar-refractivity contribution >= 4 is 23.4 Å². The van der Waals surface area contributed by atoms with E-state index >= 15 is 0 Å². The van der Waals surface area contributed by atoms with Crippen molar-refractivity contribution in [1.82, 2.24) is 10.2 Å². The van der Waals surface area contributed by atoms with Crippen LogP contribution in [-0.2, 0) is 14.3 Å². The monoisotopic (exact) mass is 590 g/mol. The number of benzene rings is 2. The lowest BCUT2D eigenvalue weighted by molar-refractivity contribution is -0.136. The quantitative estimate of drug-likeness (QED) is 0.190. The second kappa shape index (κ2) is 14.7. The molecule has 230 valence electrons. The number of piperidine rings is 1. The normalized spacial score (nSPS) is 18.9. The Labute approximate surface area is 253 Å². The Morgan fingerprint density at radius 3 is 2.42 bits per heavy atom. The Balaban J connectivity index is 1.31. The molecule has 0 bridgehead atoms. The summed E-state index contributed by atoms with van der Waals surface area (Å²) in [6.07, 6.45) is 3.06. The molecule has 4 rings (SSSR count). The van der Waals surface area contributed by atoms with E-state index < -0.39 is 11.9 Å². The van der Waals surface area contributed by atoms with E-state index in [1.54, 1.807) is 39.2 Å². The lowest BCUT2D eigenvalue weighted by Crippen LogP contribution is -2.36. The molecule has 10 nitrogen and oxygen atoms in total. The van der Waals surface area contributed by atoms with Crippen LogP contribution in [0.15, 0.2) is 76.3 Å². The SMILES string of the molecule is COC(=O)C1=C(C)N=C(C)/C(=C(/O)OC)C1c1cccc(NC(=O)NCCCN2CCC(c3cccc(OC)c3)CC2)c1. The van der Waals surface area contributed by atoms with Crippen LogP contribution < -0.4 is 15.4 Å². The first-order chi connectivity index (χ1) is 20.7. The number of hydrogen-bond acceptors (Lipinski definition) is 8. The second-order valence-corrected chi connectivity index (χ2v) is 10.8. The molecule has 1 atom stereocenters. The van der Waals surface area contributed by atoms with Crippen molar-refractivity contribution < 1.29 is 28.9 Å². The molecular weight excluding hydrogens is 548 g/mol. The number of likely N-dealkylation sites (tertiary alicyclic amines) is 1. The smallest absolute Gasteiger partial charge is 0.336 e. The number of anilines is 1. The maximum atomic E-state index is 12.8. The van der Waals surface area contributed by atoms with Gasteiger partial charge in [0.05, 0.1) is 38.4 Å². The predicted octanol–water partition coefficient (Wildman–Crippen LogP) is 5.51. The fourth-order valence-corrected chi connectivity index (χ4v) is 5.89. The van der Waals surface area contributed by atoms with Crippen LogP contribution in [0, 0.1) is 0 Å². The first-order valence-corrected chi connectivity index (χ1v) is 14.6. The fourth-order valence-electron chi connectivity index (χ4n) is 5.89. The van der Waals surface area contributed by atoms with Crippen molar-refractivity contribution in [1.29, 1.82) is 0 Å². The number of methoxy groups -OCH3 is 3. The molecule has 2 aliphatic rings. The molecule has 3 N–H and O–H groups in total. The Hall–Kier alpha value is -4.31. The minimum atomic E-state index is -0.692. The maximum absolute atomic E-state index is 12.8. The molecule has 1 unspecified atom stereocenters. The van der Waals surface area contributed by atoms with Gasteiger partial charge in [0.25, 0.3) is 5.95 Å². The van der Waals surface area contributed by atoms with Crippen LogP contribution in [0.4, 0.5) is 10.5 Å². The first-order valence-electron chi connectivity index (χ1n) is 14.6. The zero-order valence-electron chi connectivity index (χ0n) is 25.6. The van der Waals surface area contributed by atoms with Gasteiger partial charge in [0.2, 0.25) is 0 Å². The standard InChI is InChI=1S/C33H42N4O6/c1-21-28(31(38)42-4)30(29(22(2)35-21)32(39)43-5)25-10-6-11-26(19-25)36-33(40)34-15-8-16-37-17-13-23(14-18-37)24-9-7-12-27(20-24)41-3/h6-7,9-12,19-20,23,30,38H,8,13-18H2,1-5H3,(H2,34,36,40)/b31-28+. The average Bonchev–Trinajstić information content (AvgIpc) is 3.02. The van der Waals surface area contributed by atoms with Gasteiger partial charge >= 0.3 is 12.0 Å². The summed E-state index contributed by atoms with van der Waals surface area (Å²) >= 11 is 0. The van der Waals surface area contributed by atoms with Gasteiger partial charge in [-0.25, -0.2) is 9.59 Å². The summed E-state index contributed by atoms with van der Waals surface area (Å²) in [7, 11) is 4.35. The second-order valence-electron chi connectivity index (χ2n) is 10.8. The molecule has 0 aliphatic carbocycles. The summed E-state index contributed by atoms with van der Waals surface area (Å²) in [5.41, 5.74) is 4.22. The Morgan fingerprint density at radius 1 is 1.00 bits per heavy atom.